The first-order chi connectivity index (χ1) is 9.67. The number of benzene rings is 1. The molecule has 5 nitrogen and oxygen atoms in total. The van der Waals surface area contributed by atoms with Gasteiger partial charge in [0, 0.05) is 24.2 Å². The van der Waals surface area contributed by atoms with E-state index >= 15 is 0 Å². The van der Waals surface area contributed by atoms with Crippen LogP contribution in [0.1, 0.15) is 18.4 Å². The Morgan fingerprint density at radius 2 is 2.10 bits per heavy atom. The zero-order valence-electron chi connectivity index (χ0n) is 10.9. The lowest BCUT2D eigenvalue weighted by atomic mass is 10.1. The van der Waals surface area contributed by atoms with E-state index in [1.165, 1.54) is 12.8 Å². The Morgan fingerprint density at radius 3 is 2.80 bits per heavy atom. The number of hydrogen-bond donors (Lipinski definition) is 3. The molecular weight excluding hydrogens is 274 g/mol. The minimum absolute atomic E-state index is 0.236. The summed E-state index contributed by atoms with van der Waals surface area (Å²) in [4.78, 5) is 8.47. The summed E-state index contributed by atoms with van der Waals surface area (Å²) in [5.74, 6) is 0.976. The van der Waals surface area contributed by atoms with Crippen LogP contribution in [0.3, 0.4) is 0 Å². The fraction of sp³-hybridized carbons (Fsp3) is 0.286. The fourth-order valence-corrected chi connectivity index (χ4v) is 2.35. The molecule has 0 aliphatic heterocycles. The van der Waals surface area contributed by atoms with Crippen molar-refractivity contribution < 1.29 is 0 Å². The number of hydrogen-bond acceptors (Lipinski definition) is 5. The average molecular weight is 290 g/mol. The Labute approximate surface area is 122 Å². The van der Waals surface area contributed by atoms with E-state index in [0.717, 1.165) is 16.9 Å². The molecule has 0 unspecified atom stereocenters. The van der Waals surface area contributed by atoms with Crippen LogP contribution in [0.15, 0.2) is 24.3 Å². The normalized spacial score (nSPS) is 14.3. The Kier molecular flexibility index (Phi) is 3.46. The highest BCUT2D eigenvalue weighted by Gasteiger charge is 2.22. The van der Waals surface area contributed by atoms with Crippen LogP contribution in [0.5, 0.6) is 0 Å². The topological polar surface area (TPSA) is 89.8 Å². The molecule has 1 aromatic heterocycles. The van der Waals surface area contributed by atoms with Crippen LogP contribution in [0.4, 0.5) is 11.8 Å². The third-order valence-electron chi connectivity index (χ3n) is 3.25. The molecule has 0 bridgehead atoms. The highest BCUT2D eigenvalue weighted by molar-refractivity contribution is 6.34. The van der Waals surface area contributed by atoms with E-state index in [4.69, 9.17) is 23.1 Å². The number of nitrogens with one attached hydrogen (secondary N) is 1. The molecule has 1 aromatic carbocycles. The van der Waals surface area contributed by atoms with Crippen LogP contribution >= 0.6 is 11.6 Å². The summed E-state index contributed by atoms with van der Waals surface area (Å²) >= 11 is 6.36. The number of nitrogen functional groups attached to an aromatic ring is 1. The second-order valence-corrected chi connectivity index (χ2v) is 5.28. The molecule has 1 heterocycles. The van der Waals surface area contributed by atoms with E-state index in [2.05, 4.69) is 15.3 Å². The van der Waals surface area contributed by atoms with Crippen LogP contribution in [-0.2, 0) is 6.54 Å². The van der Waals surface area contributed by atoms with E-state index in [1.807, 2.05) is 24.3 Å². The molecule has 3 rings (SSSR count). The van der Waals surface area contributed by atoms with Crippen molar-refractivity contribution >= 4 is 23.4 Å². The van der Waals surface area contributed by atoms with Crippen molar-refractivity contribution in [3.8, 4) is 11.3 Å². The molecule has 20 heavy (non-hydrogen) atoms. The van der Waals surface area contributed by atoms with Crippen LogP contribution in [0.2, 0.25) is 5.02 Å². The van der Waals surface area contributed by atoms with Crippen LogP contribution < -0.4 is 16.8 Å². The van der Waals surface area contributed by atoms with Gasteiger partial charge in [0.15, 0.2) is 0 Å². The molecule has 0 amide bonds. The van der Waals surface area contributed by atoms with Gasteiger partial charge in [-0.25, -0.2) is 4.98 Å². The molecule has 6 heteroatoms. The molecule has 1 saturated carbocycles. The van der Waals surface area contributed by atoms with Crippen molar-refractivity contribution in [3.05, 3.63) is 34.9 Å². The summed E-state index contributed by atoms with van der Waals surface area (Å²) in [5.41, 5.74) is 13.9. The molecule has 0 saturated heterocycles. The number of rotatable bonds is 4. The van der Waals surface area contributed by atoms with E-state index in [-0.39, 0.29) is 5.95 Å². The first-order valence-electron chi connectivity index (χ1n) is 6.56. The van der Waals surface area contributed by atoms with E-state index in [9.17, 15) is 0 Å². The largest absolute Gasteiger partial charge is 0.368 e. The minimum atomic E-state index is 0.236. The lowest BCUT2D eigenvalue weighted by Crippen LogP contribution is -2.07. The van der Waals surface area contributed by atoms with Gasteiger partial charge in [-0.05, 0) is 18.4 Å². The standard InChI is InChI=1S/C14H16ClN5/c15-13-8(7-16)2-1-3-10(13)11-6-12(18-9-4-5-9)20-14(17)19-11/h1-3,6,9H,4-5,7,16H2,(H3,17,18,19,20). The van der Waals surface area contributed by atoms with Crippen molar-refractivity contribution in [1.82, 2.24) is 9.97 Å². The van der Waals surface area contributed by atoms with Gasteiger partial charge in [-0.15, -0.1) is 0 Å². The molecular formula is C14H16ClN5. The van der Waals surface area contributed by atoms with Crippen LogP contribution in [0, 0.1) is 0 Å². The second-order valence-electron chi connectivity index (χ2n) is 4.90. The molecule has 104 valence electrons. The summed E-state index contributed by atoms with van der Waals surface area (Å²) in [7, 11) is 0. The first kappa shape index (κ1) is 13.1. The Morgan fingerprint density at radius 1 is 1.30 bits per heavy atom. The lowest BCUT2D eigenvalue weighted by Gasteiger charge is -2.10. The fourth-order valence-electron chi connectivity index (χ4n) is 2.05. The van der Waals surface area contributed by atoms with E-state index in [1.54, 1.807) is 0 Å². The quantitative estimate of drug-likeness (QED) is 0.804. The Balaban J connectivity index is 2.02. The van der Waals surface area contributed by atoms with Crippen LogP contribution in [-0.4, -0.2) is 16.0 Å². The van der Waals surface area contributed by atoms with E-state index in [0.29, 0.717) is 23.3 Å². The summed E-state index contributed by atoms with van der Waals surface area (Å²) in [6.45, 7) is 0.389. The molecule has 0 atom stereocenters. The van der Waals surface area contributed by atoms with Gasteiger partial charge in [0.05, 0.1) is 10.7 Å². The molecule has 1 aliphatic carbocycles. The SMILES string of the molecule is NCc1cccc(-c2cc(NC3CC3)nc(N)n2)c1Cl. The van der Waals surface area contributed by atoms with E-state index < -0.39 is 0 Å². The van der Waals surface area contributed by atoms with Gasteiger partial charge < -0.3 is 16.8 Å². The van der Waals surface area contributed by atoms with Crippen molar-refractivity contribution in [2.45, 2.75) is 25.4 Å². The zero-order valence-corrected chi connectivity index (χ0v) is 11.7. The molecule has 1 aliphatic rings. The minimum Gasteiger partial charge on any atom is -0.368 e. The predicted molar refractivity (Wildman–Crippen MR) is 81.4 cm³/mol. The second kappa shape index (κ2) is 5.26. The van der Waals surface area contributed by atoms with Crippen molar-refractivity contribution in [2.75, 3.05) is 11.1 Å². The molecule has 5 N–H and O–H groups in total. The number of nitrogens with zero attached hydrogens (tertiary/aromatic N) is 2. The lowest BCUT2D eigenvalue weighted by molar-refractivity contribution is 1.07. The Bertz CT molecular complexity index is 639. The van der Waals surface area contributed by atoms with Gasteiger partial charge in [-0.1, -0.05) is 29.8 Å². The first-order valence-corrected chi connectivity index (χ1v) is 6.94. The van der Waals surface area contributed by atoms with Crippen molar-refractivity contribution in [2.24, 2.45) is 5.73 Å². The van der Waals surface area contributed by atoms with Crippen molar-refractivity contribution in [1.29, 1.82) is 0 Å². The molecule has 0 spiro atoms. The summed E-state index contributed by atoms with van der Waals surface area (Å²) in [6, 6.07) is 8.10. The Hall–Kier alpha value is -1.85. The van der Waals surface area contributed by atoms with Gasteiger partial charge >= 0.3 is 0 Å². The maximum Gasteiger partial charge on any atom is 0.222 e. The zero-order chi connectivity index (χ0) is 14.1. The van der Waals surface area contributed by atoms with Crippen LogP contribution in [0.25, 0.3) is 11.3 Å². The molecule has 0 radical (unpaired) electrons. The summed E-state index contributed by atoms with van der Waals surface area (Å²) < 4.78 is 0. The third kappa shape index (κ3) is 2.69. The summed E-state index contributed by atoms with van der Waals surface area (Å²) in [6.07, 6.45) is 2.34. The maximum atomic E-state index is 6.36. The van der Waals surface area contributed by atoms with Gasteiger partial charge in [0.2, 0.25) is 5.95 Å². The van der Waals surface area contributed by atoms with Gasteiger partial charge in [-0.3, -0.25) is 0 Å². The average Bonchev–Trinajstić information content (AvgIpc) is 3.22. The van der Waals surface area contributed by atoms with Crippen molar-refractivity contribution in [3.63, 3.8) is 0 Å². The highest BCUT2D eigenvalue weighted by Crippen LogP contribution is 2.32. The van der Waals surface area contributed by atoms with Gasteiger partial charge in [0.25, 0.3) is 0 Å². The predicted octanol–water partition coefficient (Wildman–Crippen LogP) is 2.41. The number of nitrogens with two attached hydrogens (primary N) is 2. The monoisotopic (exact) mass is 289 g/mol. The highest BCUT2D eigenvalue weighted by atomic mass is 35.5. The van der Waals surface area contributed by atoms with Gasteiger partial charge in [0.1, 0.15) is 5.82 Å². The smallest absolute Gasteiger partial charge is 0.222 e. The maximum absolute atomic E-state index is 6.36. The number of halogens is 1. The molecule has 1 fully saturated rings. The van der Waals surface area contributed by atoms with Gasteiger partial charge in [-0.2, -0.15) is 4.98 Å². The third-order valence-corrected chi connectivity index (χ3v) is 3.69. The number of aromatic nitrogens is 2. The molecule has 2 aromatic rings. The summed E-state index contributed by atoms with van der Waals surface area (Å²) in [5, 5.41) is 3.93. The number of anilines is 2.